The van der Waals surface area contributed by atoms with Gasteiger partial charge in [-0.05, 0) is 74.5 Å². The Balaban J connectivity index is 1.65. The van der Waals surface area contributed by atoms with Gasteiger partial charge >= 0.3 is 0 Å². The molecule has 0 aliphatic carbocycles. The number of benzene rings is 2. The Labute approximate surface area is 179 Å². The summed E-state index contributed by atoms with van der Waals surface area (Å²) in [7, 11) is 0. The number of thioether (sulfide) groups is 1. The second kappa shape index (κ2) is 7.93. The number of hydrogen-bond acceptors (Lipinski definition) is 3. The first-order valence-electron chi connectivity index (χ1n) is 9.22. The summed E-state index contributed by atoms with van der Waals surface area (Å²) >= 11 is 7.74. The van der Waals surface area contributed by atoms with Crippen LogP contribution in [0.5, 0.6) is 0 Å². The average Bonchev–Trinajstić information content (AvgIpc) is 3.17. The molecule has 1 amide bonds. The molecule has 0 saturated carbocycles. The van der Waals surface area contributed by atoms with E-state index in [-0.39, 0.29) is 5.91 Å². The summed E-state index contributed by atoms with van der Waals surface area (Å²) in [5, 5.41) is 4.12. The van der Waals surface area contributed by atoms with Crippen molar-refractivity contribution in [3.8, 4) is 5.69 Å². The zero-order valence-corrected chi connectivity index (χ0v) is 17.9. The third-order valence-electron chi connectivity index (χ3n) is 4.77. The summed E-state index contributed by atoms with van der Waals surface area (Å²) in [4.78, 5) is 17.6. The first kappa shape index (κ1) is 19.6. The van der Waals surface area contributed by atoms with Crippen molar-refractivity contribution in [2.24, 2.45) is 4.99 Å². The number of nitrogens with zero attached hydrogens (tertiary/aromatic N) is 2. The van der Waals surface area contributed by atoms with Crippen LogP contribution < -0.4 is 5.32 Å². The van der Waals surface area contributed by atoms with Gasteiger partial charge in [0.1, 0.15) is 0 Å². The second-order valence-electron chi connectivity index (χ2n) is 6.93. The van der Waals surface area contributed by atoms with Crippen molar-refractivity contribution in [3.63, 3.8) is 0 Å². The van der Waals surface area contributed by atoms with Crippen LogP contribution in [0.1, 0.15) is 22.5 Å². The fourth-order valence-electron chi connectivity index (χ4n) is 3.30. The van der Waals surface area contributed by atoms with Crippen molar-refractivity contribution < 1.29 is 4.79 Å². The molecule has 1 aliphatic heterocycles. The van der Waals surface area contributed by atoms with Gasteiger partial charge in [-0.3, -0.25) is 4.79 Å². The smallest absolute Gasteiger partial charge is 0.264 e. The molecule has 1 aromatic heterocycles. The summed E-state index contributed by atoms with van der Waals surface area (Å²) in [6, 6.07) is 17.7. The minimum atomic E-state index is -0.136. The SMILES string of the molecule is Cc1ccc(N=C2NC(=O)/C(=C\c3cc(C)n(-c4ccccc4Cl)c3C)S2)cc1. The van der Waals surface area contributed by atoms with E-state index < -0.39 is 0 Å². The van der Waals surface area contributed by atoms with Gasteiger partial charge in [0, 0.05) is 11.4 Å². The molecule has 3 aromatic rings. The van der Waals surface area contributed by atoms with Gasteiger partial charge in [-0.25, -0.2) is 4.99 Å². The van der Waals surface area contributed by atoms with Crippen molar-refractivity contribution in [3.05, 3.63) is 87.0 Å². The fourth-order valence-corrected chi connectivity index (χ4v) is 4.35. The molecular weight excluding hydrogens is 402 g/mol. The van der Waals surface area contributed by atoms with E-state index in [1.54, 1.807) is 0 Å². The van der Waals surface area contributed by atoms with Gasteiger partial charge in [-0.1, -0.05) is 41.4 Å². The number of para-hydroxylation sites is 1. The maximum Gasteiger partial charge on any atom is 0.264 e. The Bertz CT molecular complexity index is 1160. The van der Waals surface area contributed by atoms with E-state index in [1.807, 2.05) is 75.4 Å². The fraction of sp³-hybridized carbons (Fsp3) is 0.130. The third kappa shape index (κ3) is 4.02. The maximum absolute atomic E-state index is 12.5. The number of amides is 1. The van der Waals surface area contributed by atoms with Crippen LogP contribution in [0.15, 0.2) is 64.5 Å². The number of aryl methyl sites for hydroxylation is 2. The van der Waals surface area contributed by atoms with Crippen LogP contribution in [-0.2, 0) is 4.79 Å². The molecule has 1 N–H and O–H groups in total. The van der Waals surface area contributed by atoms with Crippen LogP contribution >= 0.6 is 23.4 Å². The van der Waals surface area contributed by atoms with E-state index in [9.17, 15) is 4.79 Å². The number of aromatic nitrogens is 1. The summed E-state index contributed by atoms with van der Waals surface area (Å²) < 4.78 is 2.10. The lowest BCUT2D eigenvalue weighted by Gasteiger charge is -2.11. The number of carbonyl (C=O) groups is 1. The predicted octanol–water partition coefficient (Wildman–Crippen LogP) is 5.95. The average molecular weight is 422 g/mol. The monoisotopic (exact) mass is 421 g/mol. The first-order chi connectivity index (χ1) is 13.9. The van der Waals surface area contributed by atoms with E-state index in [1.165, 1.54) is 17.3 Å². The number of amidine groups is 1. The number of aliphatic imine (C=N–C) groups is 1. The van der Waals surface area contributed by atoms with E-state index in [2.05, 4.69) is 20.9 Å². The van der Waals surface area contributed by atoms with Crippen LogP contribution in [0, 0.1) is 20.8 Å². The van der Waals surface area contributed by atoms with Gasteiger partial charge < -0.3 is 9.88 Å². The highest BCUT2D eigenvalue weighted by molar-refractivity contribution is 8.18. The topological polar surface area (TPSA) is 46.4 Å². The zero-order valence-electron chi connectivity index (χ0n) is 16.4. The van der Waals surface area contributed by atoms with Gasteiger partial charge in [0.25, 0.3) is 5.91 Å². The normalized spacial score (nSPS) is 16.6. The number of halogens is 1. The summed E-state index contributed by atoms with van der Waals surface area (Å²) in [6.45, 7) is 6.09. The number of rotatable bonds is 3. The molecule has 0 unspecified atom stereocenters. The molecule has 1 fully saturated rings. The Kier molecular flexibility index (Phi) is 5.35. The summed E-state index contributed by atoms with van der Waals surface area (Å²) in [6.07, 6.45) is 1.91. The lowest BCUT2D eigenvalue weighted by atomic mass is 10.2. The largest absolute Gasteiger partial charge is 0.316 e. The van der Waals surface area contributed by atoms with Crippen LogP contribution in [0.25, 0.3) is 11.8 Å². The molecule has 1 aliphatic rings. The maximum atomic E-state index is 12.5. The number of hydrogen-bond donors (Lipinski definition) is 1. The van der Waals surface area contributed by atoms with E-state index in [0.29, 0.717) is 15.1 Å². The highest BCUT2D eigenvalue weighted by Gasteiger charge is 2.24. The summed E-state index contributed by atoms with van der Waals surface area (Å²) in [5.41, 5.74) is 5.98. The number of nitrogens with one attached hydrogen (secondary N) is 1. The van der Waals surface area contributed by atoms with Crippen molar-refractivity contribution in [2.75, 3.05) is 0 Å². The van der Waals surface area contributed by atoms with Gasteiger partial charge in [-0.2, -0.15) is 0 Å². The molecule has 2 heterocycles. The molecule has 146 valence electrons. The van der Waals surface area contributed by atoms with Crippen LogP contribution in [0.2, 0.25) is 5.02 Å². The van der Waals surface area contributed by atoms with E-state index in [4.69, 9.17) is 11.6 Å². The van der Waals surface area contributed by atoms with Crippen molar-refractivity contribution >= 4 is 46.2 Å². The number of carbonyl (C=O) groups excluding carboxylic acids is 1. The summed E-state index contributed by atoms with van der Waals surface area (Å²) in [5.74, 6) is -0.136. The molecule has 2 aromatic carbocycles. The second-order valence-corrected chi connectivity index (χ2v) is 8.37. The van der Waals surface area contributed by atoms with Crippen molar-refractivity contribution in [1.82, 2.24) is 9.88 Å². The highest BCUT2D eigenvalue weighted by atomic mass is 35.5. The Morgan fingerprint density at radius 3 is 2.52 bits per heavy atom. The van der Waals surface area contributed by atoms with Crippen LogP contribution in [0.3, 0.4) is 0 Å². The minimum Gasteiger partial charge on any atom is -0.316 e. The molecule has 0 atom stereocenters. The molecular formula is C23H20ClN3OS. The van der Waals surface area contributed by atoms with Gasteiger partial charge in [0.15, 0.2) is 5.17 Å². The lowest BCUT2D eigenvalue weighted by Crippen LogP contribution is -2.19. The predicted molar refractivity (Wildman–Crippen MR) is 122 cm³/mol. The molecule has 0 bridgehead atoms. The molecule has 0 radical (unpaired) electrons. The van der Waals surface area contributed by atoms with Crippen molar-refractivity contribution in [1.29, 1.82) is 0 Å². The Morgan fingerprint density at radius 2 is 1.79 bits per heavy atom. The van der Waals surface area contributed by atoms with Gasteiger partial charge in [0.2, 0.25) is 0 Å². The van der Waals surface area contributed by atoms with Crippen molar-refractivity contribution in [2.45, 2.75) is 20.8 Å². The Hall–Kier alpha value is -2.76. The molecule has 0 spiro atoms. The molecule has 6 heteroatoms. The van der Waals surface area contributed by atoms with E-state index in [0.717, 1.165) is 28.3 Å². The molecule has 29 heavy (non-hydrogen) atoms. The van der Waals surface area contributed by atoms with Gasteiger partial charge in [0.05, 0.1) is 21.3 Å². The molecule has 4 nitrogen and oxygen atoms in total. The van der Waals surface area contributed by atoms with Crippen LogP contribution in [-0.4, -0.2) is 15.6 Å². The van der Waals surface area contributed by atoms with Crippen LogP contribution in [0.4, 0.5) is 5.69 Å². The quantitative estimate of drug-likeness (QED) is 0.531. The lowest BCUT2D eigenvalue weighted by molar-refractivity contribution is -0.115. The van der Waals surface area contributed by atoms with E-state index >= 15 is 0 Å². The minimum absolute atomic E-state index is 0.136. The molecule has 4 rings (SSSR count). The third-order valence-corrected chi connectivity index (χ3v) is 6.00. The first-order valence-corrected chi connectivity index (χ1v) is 10.4. The zero-order chi connectivity index (χ0) is 20.5. The Morgan fingerprint density at radius 1 is 1.07 bits per heavy atom. The highest BCUT2D eigenvalue weighted by Crippen LogP contribution is 2.31. The molecule has 1 saturated heterocycles. The standard InChI is InChI=1S/C23H20ClN3OS/c1-14-8-10-18(11-9-14)25-23-26-22(28)21(29-23)13-17-12-15(2)27(16(17)3)20-7-5-4-6-19(20)24/h4-13H,1-3H3,(H,25,26,28)/b21-13+. The van der Waals surface area contributed by atoms with Gasteiger partial charge in [-0.15, -0.1) is 0 Å².